The summed E-state index contributed by atoms with van der Waals surface area (Å²) in [6.45, 7) is 0. The molecule has 2 nitrogen and oxygen atoms in total. The Morgan fingerprint density at radius 2 is 1.69 bits per heavy atom. The predicted molar refractivity (Wildman–Crippen MR) is 72.8 cm³/mol. The molecule has 2 heterocycles. The fourth-order valence-corrected chi connectivity index (χ4v) is 3.17. The number of rotatable bonds is 2. The van der Waals surface area contributed by atoms with E-state index in [9.17, 15) is 0 Å². The van der Waals surface area contributed by atoms with Gasteiger partial charge in [0.15, 0.2) is 0 Å². The van der Waals surface area contributed by atoms with Crippen LogP contribution in [0.25, 0.3) is 0 Å². The average Bonchev–Trinajstić information content (AvgIpc) is 2.62. The van der Waals surface area contributed by atoms with E-state index in [0.29, 0.717) is 18.2 Å². The lowest BCUT2D eigenvalue weighted by Crippen LogP contribution is -2.42. The van der Waals surface area contributed by atoms with Crippen LogP contribution in [0.15, 0.2) is 24.3 Å². The SMILES string of the molecule is Ic1ccc(O[C@@H]2C[C@H]3CC[C@@H](C2)N3)cc1. The van der Waals surface area contributed by atoms with E-state index in [1.54, 1.807) is 0 Å². The first-order valence-electron chi connectivity index (χ1n) is 5.98. The molecule has 2 fully saturated rings. The van der Waals surface area contributed by atoms with Crippen molar-refractivity contribution in [2.75, 3.05) is 0 Å². The molecule has 2 bridgehead atoms. The van der Waals surface area contributed by atoms with Crippen LogP contribution in [0.3, 0.4) is 0 Å². The van der Waals surface area contributed by atoms with Crippen molar-refractivity contribution in [2.45, 2.75) is 43.9 Å². The maximum Gasteiger partial charge on any atom is 0.119 e. The second-order valence-electron chi connectivity index (χ2n) is 4.80. The van der Waals surface area contributed by atoms with E-state index in [2.05, 4.69) is 52.2 Å². The molecule has 2 saturated heterocycles. The smallest absolute Gasteiger partial charge is 0.119 e. The van der Waals surface area contributed by atoms with Crippen molar-refractivity contribution < 1.29 is 4.74 Å². The summed E-state index contributed by atoms with van der Waals surface area (Å²) in [5, 5.41) is 3.63. The number of hydrogen-bond donors (Lipinski definition) is 1. The maximum absolute atomic E-state index is 6.05. The van der Waals surface area contributed by atoms with Gasteiger partial charge in [-0.05, 0) is 72.5 Å². The molecule has 3 heteroatoms. The van der Waals surface area contributed by atoms with Gasteiger partial charge in [-0.2, -0.15) is 0 Å². The standard InChI is InChI=1S/C13H16INO/c14-9-1-5-12(6-2-9)16-13-7-10-3-4-11(8-13)15-10/h1-2,5-6,10-11,13,15H,3-4,7-8H2/t10-,11+,13-. The quantitative estimate of drug-likeness (QED) is 0.843. The van der Waals surface area contributed by atoms with Crippen LogP contribution < -0.4 is 10.1 Å². The van der Waals surface area contributed by atoms with Crippen molar-refractivity contribution in [3.05, 3.63) is 27.8 Å². The molecule has 0 unspecified atom stereocenters. The minimum atomic E-state index is 0.416. The summed E-state index contributed by atoms with van der Waals surface area (Å²) in [5.74, 6) is 1.02. The fraction of sp³-hybridized carbons (Fsp3) is 0.538. The normalized spacial score (nSPS) is 32.7. The molecular formula is C13H16INO. The number of nitrogens with one attached hydrogen (secondary N) is 1. The zero-order valence-electron chi connectivity index (χ0n) is 9.16. The van der Waals surface area contributed by atoms with Gasteiger partial charge in [-0.1, -0.05) is 0 Å². The van der Waals surface area contributed by atoms with Gasteiger partial charge in [0.2, 0.25) is 0 Å². The van der Waals surface area contributed by atoms with Crippen LogP contribution in [0.4, 0.5) is 0 Å². The fourth-order valence-electron chi connectivity index (χ4n) is 2.81. The summed E-state index contributed by atoms with van der Waals surface area (Å²) in [6, 6.07) is 9.76. The van der Waals surface area contributed by atoms with Gasteiger partial charge in [-0.3, -0.25) is 0 Å². The first-order valence-corrected chi connectivity index (χ1v) is 7.06. The topological polar surface area (TPSA) is 21.3 Å². The van der Waals surface area contributed by atoms with Gasteiger partial charge in [-0.25, -0.2) is 0 Å². The van der Waals surface area contributed by atoms with Crippen molar-refractivity contribution in [1.82, 2.24) is 5.32 Å². The Hall–Kier alpha value is -0.290. The Morgan fingerprint density at radius 3 is 2.31 bits per heavy atom. The molecule has 0 spiro atoms. The third kappa shape index (κ3) is 2.35. The number of ether oxygens (including phenoxy) is 1. The number of hydrogen-bond acceptors (Lipinski definition) is 2. The summed E-state index contributed by atoms with van der Waals surface area (Å²) < 4.78 is 7.31. The van der Waals surface area contributed by atoms with Gasteiger partial charge < -0.3 is 10.1 Å². The number of fused-ring (bicyclic) bond motifs is 2. The van der Waals surface area contributed by atoms with Crippen LogP contribution >= 0.6 is 22.6 Å². The van der Waals surface area contributed by atoms with Gasteiger partial charge in [-0.15, -0.1) is 0 Å². The highest BCUT2D eigenvalue weighted by Crippen LogP contribution is 2.29. The zero-order chi connectivity index (χ0) is 11.0. The van der Waals surface area contributed by atoms with Crippen LogP contribution in [0.2, 0.25) is 0 Å². The van der Waals surface area contributed by atoms with Crippen LogP contribution in [-0.2, 0) is 0 Å². The van der Waals surface area contributed by atoms with Crippen molar-refractivity contribution in [3.8, 4) is 5.75 Å². The van der Waals surface area contributed by atoms with Crippen LogP contribution in [0.5, 0.6) is 5.75 Å². The summed E-state index contributed by atoms with van der Waals surface area (Å²) in [5.41, 5.74) is 0. The minimum Gasteiger partial charge on any atom is -0.490 e. The van der Waals surface area contributed by atoms with Crippen LogP contribution in [-0.4, -0.2) is 18.2 Å². The lowest BCUT2D eigenvalue weighted by atomic mass is 10.0. The molecule has 0 aromatic heterocycles. The number of halogens is 1. The maximum atomic E-state index is 6.05. The molecule has 0 amide bonds. The molecule has 3 rings (SSSR count). The van der Waals surface area contributed by atoms with Crippen molar-refractivity contribution in [1.29, 1.82) is 0 Å². The average molecular weight is 329 g/mol. The number of benzene rings is 1. The Bertz CT molecular complexity index is 353. The Balaban J connectivity index is 1.64. The van der Waals surface area contributed by atoms with Crippen molar-refractivity contribution in [2.24, 2.45) is 0 Å². The summed E-state index contributed by atoms with van der Waals surface area (Å²) >= 11 is 2.32. The Kier molecular flexibility index (Phi) is 3.07. The molecule has 16 heavy (non-hydrogen) atoms. The van der Waals surface area contributed by atoms with E-state index >= 15 is 0 Å². The van der Waals surface area contributed by atoms with Gasteiger partial charge in [0.1, 0.15) is 11.9 Å². The highest BCUT2D eigenvalue weighted by atomic mass is 127. The lowest BCUT2D eigenvalue weighted by molar-refractivity contribution is 0.137. The van der Waals surface area contributed by atoms with E-state index in [4.69, 9.17) is 4.74 Å². The third-order valence-electron chi connectivity index (χ3n) is 3.55. The molecule has 3 atom stereocenters. The predicted octanol–water partition coefficient (Wildman–Crippen LogP) is 2.95. The zero-order valence-corrected chi connectivity index (χ0v) is 11.3. The first kappa shape index (κ1) is 10.8. The Labute approximate surface area is 110 Å². The summed E-state index contributed by atoms with van der Waals surface area (Å²) in [4.78, 5) is 0. The molecule has 1 aromatic rings. The van der Waals surface area contributed by atoms with Gasteiger partial charge >= 0.3 is 0 Å². The second-order valence-corrected chi connectivity index (χ2v) is 6.05. The van der Waals surface area contributed by atoms with E-state index in [1.807, 2.05) is 0 Å². The van der Waals surface area contributed by atoms with E-state index < -0.39 is 0 Å². The van der Waals surface area contributed by atoms with E-state index in [1.165, 1.54) is 29.3 Å². The third-order valence-corrected chi connectivity index (χ3v) is 4.27. The van der Waals surface area contributed by atoms with Gasteiger partial charge in [0, 0.05) is 15.7 Å². The van der Waals surface area contributed by atoms with Crippen molar-refractivity contribution in [3.63, 3.8) is 0 Å². The molecule has 0 aliphatic carbocycles. The molecule has 1 N–H and O–H groups in total. The molecule has 2 aliphatic rings. The molecule has 1 aromatic carbocycles. The molecule has 86 valence electrons. The molecule has 0 radical (unpaired) electrons. The molecular weight excluding hydrogens is 313 g/mol. The Morgan fingerprint density at radius 1 is 1.06 bits per heavy atom. The van der Waals surface area contributed by atoms with Gasteiger partial charge in [0.25, 0.3) is 0 Å². The van der Waals surface area contributed by atoms with Crippen molar-refractivity contribution >= 4 is 22.6 Å². The summed E-state index contributed by atoms with van der Waals surface area (Å²) in [7, 11) is 0. The molecule has 2 aliphatic heterocycles. The highest BCUT2D eigenvalue weighted by Gasteiger charge is 2.34. The minimum absolute atomic E-state index is 0.416. The largest absolute Gasteiger partial charge is 0.490 e. The lowest BCUT2D eigenvalue weighted by Gasteiger charge is -2.29. The first-order chi connectivity index (χ1) is 7.79. The van der Waals surface area contributed by atoms with E-state index in [0.717, 1.165) is 5.75 Å². The van der Waals surface area contributed by atoms with Crippen LogP contribution in [0, 0.1) is 3.57 Å². The van der Waals surface area contributed by atoms with Gasteiger partial charge in [0.05, 0.1) is 0 Å². The summed E-state index contributed by atoms with van der Waals surface area (Å²) in [6.07, 6.45) is 5.41. The van der Waals surface area contributed by atoms with E-state index in [-0.39, 0.29) is 0 Å². The van der Waals surface area contributed by atoms with Crippen LogP contribution in [0.1, 0.15) is 25.7 Å². The highest BCUT2D eigenvalue weighted by molar-refractivity contribution is 14.1. The molecule has 0 saturated carbocycles. The second kappa shape index (κ2) is 4.53. The monoisotopic (exact) mass is 329 g/mol. The number of piperidine rings is 1.